The number of nitro groups is 1. The summed E-state index contributed by atoms with van der Waals surface area (Å²) in [6, 6.07) is 12.3. The quantitative estimate of drug-likeness (QED) is 0.645. The van der Waals surface area contributed by atoms with E-state index in [2.05, 4.69) is 0 Å². The van der Waals surface area contributed by atoms with Gasteiger partial charge in [0.05, 0.1) is 16.6 Å². The molecule has 0 unspecified atom stereocenters. The van der Waals surface area contributed by atoms with Crippen LogP contribution in [0.5, 0.6) is 5.75 Å². The van der Waals surface area contributed by atoms with Gasteiger partial charge in [-0.1, -0.05) is 12.1 Å². The zero-order valence-electron chi connectivity index (χ0n) is 9.20. The van der Waals surface area contributed by atoms with Crippen LogP contribution in [0, 0.1) is 21.4 Å². The molecular weight excluding hydrogens is 232 g/mol. The van der Waals surface area contributed by atoms with Gasteiger partial charge in [-0.25, -0.2) is 0 Å². The number of nitrogens with zero attached hydrogens (tertiary/aromatic N) is 2. The van der Waals surface area contributed by atoms with Crippen molar-refractivity contribution >= 4 is 5.69 Å². The molecule has 0 saturated carbocycles. The fourth-order valence-corrected chi connectivity index (χ4v) is 1.64. The second-order valence-electron chi connectivity index (χ2n) is 3.69. The Labute approximate surface area is 103 Å². The lowest BCUT2D eigenvalue weighted by atomic mass is 10.0. The summed E-state index contributed by atoms with van der Waals surface area (Å²) in [5, 5.41) is 29.0. The number of hydrogen-bond donors (Lipinski definition) is 1. The molecule has 0 bridgehead atoms. The first-order valence-electron chi connectivity index (χ1n) is 5.09. The molecule has 0 atom stereocenters. The maximum atomic E-state index is 10.7. The number of hydrogen-bond acceptors (Lipinski definition) is 4. The second kappa shape index (κ2) is 4.55. The normalized spacial score (nSPS) is 9.72. The predicted molar refractivity (Wildman–Crippen MR) is 64.9 cm³/mol. The third-order valence-electron chi connectivity index (χ3n) is 2.44. The first-order valence-corrected chi connectivity index (χ1v) is 5.09. The molecular formula is C13H8N2O3. The van der Waals surface area contributed by atoms with Gasteiger partial charge in [-0.3, -0.25) is 10.1 Å². The molecule has 0 heterocycles. The lowest BCUT2D eigenvalue weighted by molar-refractivity contribution is -0.384. The summed E-state index contributed by atoms with van der Waals surface area (Å²) in [5.41, 5.74) is 1.41. The number of phenolic OH excluding ortho intramolecular Hbond substituents is 1. The minimum absolute atomic E-state index is 0.0330. The monoisotopic (exact) mass is 240 g/mol. The molecule has 0 amide bonds. The Morgan fingerprint density at radius 1 is 1.17 bits per heavy atom. The maximum Gasteiger partial charge on any atom is 0.270 e. The zero-order valence-corrected chi connectivity index (χ0v) is 9.20. The summed E-state index contributed by atoms with van der Waals surface area (Å²) in [6.45, 7) is 0. The summed E-state index contributed by atoms with van der Waals surface area (Å²) < 4.78 is 0. The molecule has 0 aliphatic carbocycles. The molecule has 0 aliphatic heterocycles. The highest BCUT2D eigenvalue weighted by Gasteiger charge is 2.08. The van der Waals surface area contributed by atoms with Crippen LogP contribution in [0.15, 0.2) is 42.5 Å². The Bertz CT molecular complexity index is 660. The Morgan fingerprint density at radius 2 is 1.94 bits per heavy atom. The standard InChI is InChI=1S/C13H8N2O3/c14-8-9-4-11(7-13(16)5-9)10-2-1-3-12(6-10)15(17)18/h1-7,16H. The van der Waals surface area contributed by atoms with Crippen molar-refractivity contribution in [3.63, 3.8) is 0 Å². The van der Waals surface area contributed by atoms with Crippen LogP contribution in [0.1, 0.15) is 5.56 Å². The summed E-state index contributed by atoms with van der Waals surface area (Å²) >= 11 is 0. The van der Waals surface area contributed by atoms with Gasteiger partial charge in [0.1, 0.15) is 5.75 Å². The summed E-state index contributed by atoms with van der Waals surface area (Å²) in [7, 11) is 0. The van der Waals surface area contributed by atoms with Crippen molar-refractivity contribution in [2.24, 2.45) is 0 Å². The van der Waals surface area contributed by atoms with E-state index >= 15 is 0 Å². The van der Waals surface area contributed by atoms with Crippen LogP contribution in [-0.4, -0.2) is 10.0 Å². The van der Waals surface area contributed by atoms with Crippen LogP contribution in [0.25, 0.3) is 11.1 Å². The highest BCUT2D eigenvalue weighted by Crippen LogP contribution is 2.27. The number of aromatic hydroxyl groups is 1. The van der Waals surface area contributed by atoms with Gasteiger partial charge in [-0.05, 0) is 29.3 Å². The number of nitriles is 1. The van der Waals surface area contributed by atoms with E-state index in [1.165, 1.54) is 24.3 Å². The average Bonchev–Trinajstić information content (AvgIpc) is 2.38. The number of phenols is 1. The lowest BCUT2D eigenvalue weighted by Crippen LogP contribution is -1.88. The second-order valence-corrected chi connectivity index (χ2v) is 3.69. The molecule has 0 aromatic heterocycles. The number of benzene rings is 2. The van der Waals surface area contributed by atoms with Gasteiger partial charge in [0.2, 0.25) is 0 Å². The molecule has 5 nitrogen and oxygen atoms in total. The average molecular weight is 240 g/mol. The van der Waals surface area contributed by atoms with Crippen molar-refractivity contribution in [2.45, 2.75) is 0 Å². The lowest BCUT2D eigenvalue weighted by Gasteiger charge is -2.03. The number of rotatable bonds is 2. The molecule has 2 aromatic rings. The Kier molecular flexibility index (Phi) is 2.94. The predicted octanol–water partition coefficient (Wildman–Crippen LogP) is 2.84. The van der Waals surface area contributed by atoms with E-state index in [0.717, 1.165) is 0 Å². The topological polar surface area (TPSA) is 87.2 Å². The van der Waals surface area contributed by atoms with Gasteiger partial charge >= 0.3 is 0 Å². The molecule has 0 radical (unpaired) electrons. The van der Waals surface area contributed by atoms with E-state index in [9.17, 15) is 15.2 Å². The summed E-state index contributed by atoms with van der Waals surface area (Å²) in [4.78, 5) is 10.2. The van der Waals surface area contributed by atoms with Crippen LogP contribution in [0.4, 0.5) is 5.69 Å². The first kappa shape index (κ1) is 11.6. The van der Waals surface area contributed by atoms with Crippen molar-refractivity contribution in [1.29, 1.82) is 5.26 Å². The molecule has 5 heteroatoms. The fraction of sp³-hybridized carbons (Fsp3) is 0. The molecule has 0 fully saturated rings. The molecule has 0 aliphatic rings. The van der Waals surface area contributed by atoms with Gasteiger partial charge in [-0.15, -0.1) is 0 Å². The molecule has 2 rings (SSSR count). The van der Waals surface area contributed by atoms with Crippen LogP contribution in [-0.2, 0) is 0 Å². The van der Waals surface area contributed by atoms with E-state index in [1.807, 2.05) is 6.07 Å². The van der Waals surface area contributed by atoms with Crippen LogP contribution in [0.3, 0.4) is 0 Å². The van der Waals surface area contributed by atoms with Crippen LogP contribution in [0.2, 0.25) is 0 Å². The fourth-order valence-electron chi connectivity index (χ4n) is 1.64. The van der Waals surface area contributed by atoms with Gasteiger partial charge in [0.15, 0.2) is 0 Å². The molecule has 18 heavy (non-hydrogen) atoms. The maximum absolute atomic E-state index is 10.7. The van der Waals surface area contributed by atoms with Crippen molar-refractivity contribution in [3.05, 3.63) is 58.1 Å². The summed E-state index contributed by atoms with van der Waals surface area (Å²) in [6.07, 6.45) is 0. The van der Waals surface area contributed by atoms with Crippen LogP contribution < -0.4 is 0 Å². The highest BCUT2D eigenvalue weighted by atomic mass is 16.6. The van der Waals surface area contributed by atoms with Crippen molar-refractivity contribution < 1.29 is 10.0 Å². The molecule has 1 N–H and O–H groups in total. The zero-order chi connectivity index (χ0) is 13.1. The third kappa shape index (κ3) is 2.28. The van der Waals surface area contributed by atoms with E-state index in [0.29, 0.717) is 16.7 Å². The third-order valence-corrected chi connectivity index (χ3v) is 2.44. The molecule has 88 valence electrons. The Balaban J connectivity index is 2.55. The van der Waals surface area contributed by atoms with Crippen molar-refractivity contribution in [3.8, 4) is 22.9 Å². The largest absolute Gasteiger partial charge is 0.508 e. The van der Waals surface area contributed by atoms with Crippen LogP contribution >= 0.6 is 0 Å². The van der Waals surface area contributed by atoms with E-state index in [4.69, 9.17) is 5.26 Å². The Hall–Kier alpha value is -2.87. The minimum atomic E-state index is -0.489. The van der Waals surface area contributed by atoms with Gasteiger partial charge in [0, 0.05) is 12.1 Å². The number of nitro benzene ring substituents is 1. The SMILES string of the molecule is N#Cc1cc(O)cc(-c2cccc([N+](=O)[O-])c2)c1. The highest BCUT2D eigenvalue weighted by molar-refractivity contribution is 5.69. The number of non-ortho nitro benzene ring substituents is 1. The smallest absolute Gasteiger partial charge is 0.270 e. The van der Waals surface area contributed by atoms with E-state index < -0.39 is 4.92 Å². The summed E-state index contributed by atoms with van der Waals surface area (Å²) in [5.74, 6) is -0.0458. The molecule has 0 spiro atoms. The van der Waals surface area contributed by atoms with Crippen molar-refractivity contribution in [1.82, 2.24) is 0 Å². The van der Waals surface area contributed by atoms with Gasteiger partial charge in [0.25, 0.3) is 5.69 Å². The Morgan fingerprint density at radius 3 is 2.61 bits per heavy atom. The minimum Gasteiger partial charge on any atom is -0.508 e. The van der Waals surface area contributed by atoms with E-state index in [1.54, 1.807) is 18.2 Å². The van der Waals surface area contributed by atoms with Gasteiger partial charge in [-0.2, -0.15) is 5.26 Å². The first-order chi connectivity index (χ1) is 8.60. The van der Waals surface area contributed by atoms with Crippen molar-refractivity contribution in [2.75, 3.05) is 0 Å². The van der Waals surface area contributed by atoms with E-state index in [-0.39, 0.29) is 11.4 Å². The molecule has 0 saturated heterocycles. The molecule has 2 aromatic carbocycles. The van der Waals surface area contributed by atoms with Gasteiger partial charge < -0.3 is 5.11 Å².